The van der Waals surface area contributed by atoms with E-state index in [4.69, 9.17) is 11.3 Å². The highest BCUT2D eigenvalue weighted by molar-refractivity contribution is 6.15. The zero-order valence-corrected chi connectivity index (χ0v) is 32.7. The van der Waals surface area contributed by atoms with Crippen molar-refractivity contribution in [1.29, 1.82) is 0 Å². The Balaban J connectivity index is 0.996. The molecule has 1 heterocycles. The Morgan fingerprint density at radius 1 is 0.393 bits per heavy atom. The van der Waals surface area contributed by atoms with E-state index in [9.17, 15) is 5.48 Å². The van der Waals surface area contributed by atoms with E-state index in [2.05, 4.69) is 59.9 Å². The molecule has 0 atom stereocenters. The third-order valence-corrected chi connectivity index (χ3v) is 11.0. The highest BCUT2D eigenvalue weighted by Crippen LogP contribution is 2.40. The average molecular weight is 790 g/mol. The van der Waals surface area contributed by atoms with Crippen LogP contribution in [0.2, 0.25) is 0 Å². The molecule has 0 fully saturated rings. The number of hydrogen-bond acceptors (Lipinski definition) is 3. The van der Waals surface area contributed by atoms with Crippen molar-refractivity contribution in [2.45, 2.75) is 0 Å². The standard InChI is InChI=1S/C58H40N2O/c1-3-12-40(13-4-1)41-22-30-49(31-23-41)60(51-34-26-43(27-35-51)47-29-36-54-55-37-28-45-16-7-8-20-53(45)58(55)61-57(54)39-47)50-32-24-42(25-33-50)46-17-11-18-48(38-46)59-56-21-10-9-19-52(56)44-14-5-2-6-15-44/h1-39,59H/i1D,3D,4D,12D,13D,22D,23D,30D,31D. The maximum absolute atomic E-state index is 9.45. The van der Waals surface area contributed by atoms with E-state index in [0.29, 0.717) is 11.4 Å². The first-order valence-electron chi connectivity index (χ1n) is 24.5. The van der Waals surface area contributed by atoms with Gasteiger partial charge in [-0.3, -0.25) is 0 Å². The van der Waals surface area contributed by atoms with Crippen LogP contribution in [0, 0.1) is 0 Å². The number of benzene rings is 10. The second-order valence-electron chi connectivity index (χ2n) is 14.7. The summed E-state index contributed by atoms with van der Waals surface area (Å²) in [6, 6.07) is 55.0. The monoisotopic (exact) mass is 789 g/mol. The Hall–Kier alpha value is -8.14. The van der Waals surface area contributed by atoms with Gasteiger partial charge in [0, 0.05) is 50.2 Å². The minimum absolute atomic E-state index is 0.0779. The van der Waals surface area contributed by atoms with Gasteiger partial charge in [0.05, 0.1) is 12.3 Å². The Morgan fingerprint density at radius 2 is 1.02 bits per heavy atom. The van der Waals surface area contributed by atoms with Gasteiger partial charge in [0.2, 0.25) is 0 Å². The average Bonchev–Trinajstić information content (AvgIpc) is 3.78. The van der Waals surface area contributed by atoms with Crippen LogP contribution in [0.5, 0.6) is 0 Å². The maximum atomic E-state index is 9.45. The fraction of sp³-hybridized carbons (Fsp3) is 0. The Bertz CT molecular complexity index is 3800. The van der Waals surface area contributed by atoms with Crippen molar-refractivity contribution in [2.24, 2.45) is 0 Å². The number of fused-ring (bicyclic) bond motifs is 5. The topological polar surface area (TPSA) is 28.4 Å². The van der Waals surface area contributed by atoms with Crippen LogP contribution in [0.15, 0.2) is 241 Å². The van der Waals surface area contributed by atoms with E-state index in [0.717, 1.165) is 77.5 Å². The predicted octanol–water partition coefficient (Wildman–Crippen LogP) is 16.6. The predicted molar refractivity (Wildman–Crippen MR) is 257 cm³/mol. The lowest BCUT2D eigenvalue weighted by Gasteiger charge is -2.26. The number of hydrogen-bond donors (Lipinski definition) is 1. The summed E-state index contributed by atoms with van der Waals surface area (Å²) in [5.74, 6) is 0. The van der Waals surface area contributed by atoms with Crippen molar-refractivity contribution in [3.05, 3.63) is 236 Å². The summed E-state index contributed by atoms with van der Waals surface area (Å²) in [5.41, 5.74) is 9.43. The van der Waals surface area contributed by atoms with Crippen molar-refractivity contribution >= 4 is 61.1 Å². The molecule has 0 saturated heterocycles. The summed E-state index contributed by atoms with van der Waals surface area (Å²) in [6.45, 7) is 0. The van der Waals surface area contributed by atoms with Crippen molar-refractivity contribution in [2.75, 3.05) is 10.2 Å². The number of rotatable bonds is 9. The van der Waals surface area contributed by atoms with Gasteiger partial charge in [-0.2, -0.15) is 0 Å². The lowest BCUT2D eigenvalue weighted by Crippen LogP contribution is -2.09. The lowest BCUT2D eigenvalue weighted by atomic mass is 10.0. The molecule has 1 N–H and O–H groups in total. The first-order chi connectivity index (χ1) is 34.0. The molecule has 288 valence electrons. The quantitative estimate of drug-likeness (QED) is 0.158. The smallest absolute Gasteiger partial charge is 0.143 e. The number of anilines is 5. The van der Waals surface area contributed by atoms with E-state index >= 15 is 0 Å². The third kappa shape index (κ3) is 6.98. The maximum Gasteiger partial charge on any atom is 0.143 e. The molecule has 0 bridgehead atoms. The molecule has 61 heavy (non-hydrogen) atoms. The van der Waals surface area contributed by atoms with Crippen LogP contribution in [0.3, 0.4) is 0 Å². The van der Waals surface area contributed by atoms with Crippen LogP contribution in [0.25, 0.3) is 77.2 Å². The van der Waals surface area contributed by atoms with E-state index in [1.54, 1.807) is 4.90 Å². The summed E-state index contributed by atoms with van der Waals surface area (Å²) in [6.07, 6.45) is 0. The molecule has 11 aromatic rings. The Morgan fingerprint density at radius 3 is 1.79 bits per heavy atom. The molecule has 0 saturated carbocycles. The molecular formula is C58H40N2O. The molecule has 11 rings (SSSR count). The fourth-order valence-corrected chi connectivity index (χ4v) is 8.01. The largest absolute Gasteiger partial charge is 0.455 e. The van der Waals surface area contributed by atoms with Gasteiger partial charge in [0.1, 0.15) is 11.2 Å². The normalized spacial score (nSPS) is 13.3. The molecule has 0 radical (unpaired) electrons. The molecule has 0 aliphatic heterocycles. The highest BCUT2D eigenvalue weighted by Gasteiger charge is 2.16. The van der Waals surface area contributed by atoms with Gasteiger partial charge in [-0.05, 0) is 117 Å². The van der Waals surface area contributed by atoms with Crippen LogP contribution in [-0.4, -0.2) is 0 Å². The zero-order valence-electron chi connectivity index (χ0n) is 41.7. The lowest BCUT2D eigenvalue weighted by molar-refractivity contribution is 0.673. The first-order valence-corrected chi connectivity index (χ1v) is 20.0. The van der Waals surface area contributed by atoms with E-state index in [1.807, 2.05) is 127 Å². The summed E-state index contributed by atoms with van der Waals surface area (Å²) in [7, 11) is 0. The Kier molecular flexibility index (Phi) is 7.02. The van der Waals surface area contributed by atoms with E-state index in [-0.39, 0.29) is 11.3 Å². The molecule has 3 heteroatoms. The molecule has 0 amide bonds. The number of para-hydroxylation sites is 1. The van der Waals surface area contributed by atoms with Crippen molar-refractivity contribution in [3.8, 4) is 44.5 Å². The van der Waals surface area contributed by atoms with Crippen LogP contribution in [0.1, 0.15) is 12.3 Å². The molecule has 0 aliphatic rings. The van der Waals surface area contributed by atoms with Crippen LogP contribution in [0.4, 0.5) is 28.4 Å². The summed E-state index contributed by atoms with van der Waals surface area (Å²) in [4.78, 5) is 1.66. The van der Waals surface area contributed by atoms with Crippen molar-refractivity contribution in [3.63, 3.8) is 0 Å². The minimum Gasteiger partial charge on any atom is -0.455 e. The molecular weight excluding hydrogens is 741 g/mol. The molecule has 0 spiro atoms. The van der Waals surface area contributed by atoms with Crippen molar-refractivity contribution < 1.29 is 16.8 Å². The van der Waals surface area contributed by atoms with Crippen molar-refractivity contribution in [1.82, 2.24) is 0 Å². The molecule has 0 unspecified atom stereocenters. The van der Waals surface area contributed by atoms with E-state index in [1.165, 1.54) is 0 Å². The Labute approximate surface area is 368 Å². The molecule has 1 aromatic heterocycles. The summed E-state index contributed by atoms with van der Waals surface area (Å²) in [5, 5.41) is 7.77. The van der Waals surface area contributed by atoms with Gasteiger partial charge < -0.3 is 14.6 Å². The fourth-order valence-electron chi connectivity index (χ4n) is 8.01. The van der Waals surface area contributed by atoms with Gasteiger partial charge in [-0.1, -0.05) is 164 Å². The van der Waals surface area contributed by atoms with Gasteiger partial charge in [-0.25, -0.2) is 0 Å². The second kappa shape index (κ2) is 15.6. The molecule has 0 aliphatic carbocycles. The summed E-state index contributed by atoms with van der Waals surface area (Å²) < 4.78 is 85.8. The molecule has 10 aromatic carbocycles. The zero-order chi connectivity index (χ0) is 48.4. The van der Waals surface area contributed by atoms with E-state index < -0.39 is 59.9 Å². The van der Waals surface area contributed by atoms with Crippen LogP contribution < -0.4 is 10.2 Å². The summed E-state index contributed by atoms with van der Waals surface area (Å²) >= 11 is 0. The van der Waals surface area contributed by atoms with Crippen LogP contribution >= 0.6 is 0 Å². The number of nitrogens with one attached hydrogen (secondary N) is 1. The molecule has 3 nitrogen and oxygen atoms in total. The first kappa shape index (κ1) is 27.5. The number of nitrogens with zero attached hydrogens (tertiary/aromatic N) is 1. The van der Waals surface area contributed by atoms with Gasteiger partial charge in [0.25, 0.3) is 0 Å². The minimum atomic E-state index is -0.634. The van der Waals surface area contributed by atoms with Gasteiger partial charge in [-0.15, -0.1) is 0 Å². The number of furan rings is 1. The van der Waals surface area contributed by atoms with Crippen LogP contribution in [-0.2, 0) is 0 Å². The SMILES string of the molecule is [2H]c1c([2H])c([2H])c(-c2c([2H])c([2H])c(N(c3ccc(-c4cccc(Nc5ccccc5-c5ccccc5)c4)cc3)c3ccc(-c4ccc5c(c4)oc4c6ccccc6ccc54)cc3)c([2H])c2[2H])c([2H])c1[2H]. The third-order valence-electron chi connectivity index (χ3n) is 11.0. The highest BCUT2D eigenvalue weighted by atomic mass is 16.3. The van der Waals surface area contributed by atoms with Gasteiger partial charge in [0.15, 0.2) is 0 Å². The second-order valence-corrected chi connectivity index (χ2v) is 14.7. The van der Waals surface area contributed by atoms with Gasteiger partial charge >= 0.3 is 0 Å².